The third-order valence-corrected chi connectivity index (χ3v) is 5.06. The van der Waals surface area contributed by atoms with Gasteiger partial charge in [0.15, 0.2) is 0 Å². The predicted molar refractivity (Wildman–Crippen MR) is 88.9 cm³/mol. The van der Waals surface area contributed by atoms with Crippen molar-refractivity contribution in [3.05, 3.63) is 23.8 Å². The highest BCUT2D eigenvalue weighted by Gasteiger charge is 2.26. The SMILES string of the molecule is CNS(=O)(=O)c1ccc2c(c1)N(C(=O)CCC(C)N)CC2.Cl. The van der Waals surface area contributed by atoms with Gasteiger partial charge in [0.05, 0.1) is 4.90 Å². The first-order chi connectivity index (χ1) is 9.85. The molecule has 0 aliphatic carbocycles. The van der Waals surface area contributed by atoms with E-state index in [2.05, 4.69) is 4.72 Å². The Kier molecular flexibility index (Phi) is 6.37. The molecule has 22 heavy (non-hydrogen) atoms. The Morgan fingerprint density at radius 2 is 2.14 bits per heavy atom. The van der Waals surface area contributed by atoms with E-state index >= 15 is 0 Å². The second kappa shape index (κ2) is 7.41. The van der Waals surface area contributed by atoms with Crippen LogP contribution in [-0.2, 0) is 21.2 Å². The molecule has 1 aromatic carbocycles. The molecular weight excluding hydrogens is 326 g/mol. The largest absolute Gasteiger partial charge is 0.328 e. The zero-order valence-electron chi connectivity index (χ0n) is 12.7. The van der Waals surface area contributed by atoms with Gasteiger partial charge in [0.1, 0.15) is 0 Å². The summed E-state index contributed by atoms with van der Waals surface area (Å²) in [4.78, 5) is 14.1. The molecule has 1 aliphatic rings. The van der Waals surface area contributed by atoms with Crippen molar-refractivity contribution >= 4 is 34.0 Å². The number of benzene rings is 1. The van der Waals surface area contributed by atoms with Gasteiger partial charge in [-0.25, -0.2) is 13.1 Å². The normalized spacial score (nSPS) is 15.1. The maximum atomic E-state index is 12.2. The van der Waals surface area contributed by atoms with Crippen LogP contribution in [0.2, 0.25) is 0 Å². The molecule has 124 valence electrons. The third-order valence-electron chi connectivity index (χ3n) is 3.65. The number of halogens is 1. The Morgan fingerprint density at radius 1 is 1.45 bits per heavy atom. The topological polar surface area (TPSA) is 92.5 Å². The second-order valence-electron chi connectivity index (χ2n) is 5.31. The highest BCUT2D eigenvalue weighted by Crippen LogP contribution is 2.31. The van der Waals surface area contributed by atoms with Gasteiger partial charge >= 0.3 is 0 Å². The van der Waals surface area contributed by atoms with Gasteiger partial charge in [0, 0.05) is 24.7 Å². The molecule has 1 heterocycles. The number of anilines is 1. The first-order valence-electron chi connectivity index (χ1n) is 6.97. The molecule has 3 N–H and O–H groups in total. The summed E-state index contributed by atoms with van der Waals surface area (Å²) < 4.78 is 26.0. The predicted octanol–water partition coefficient (Wildman–Crippen LogP) is 1.03. The lowest BCUT2D eigenvalue weighted by molar-refractivity contribution is -0.118. The summed E-state index contributed by atoms with van der Waals surface area (Å²) in [6, 6.07) is 4.89. The van der Waals surface area contributed by atoms with Gasteiger partial charge in [0.2, 0.25) is 15.9 Å². The van der Waals surface area contributed by atoms with Gasteiger partial charge in [0.25, 0.3) is 0 Å². The average molecular weight is 348 g/mol. The maximum Gasteiger partial charge on any atom is 0.240 e. The molecule has 0 spiro atoms. The minimum absolute atomic E-state index is 0. The van der Waals surface area contributed by atoms with Crippen molar-refractivity contribution < 1.29 is 13.2 Å². The standard InChI is InChI=1S/C14H21N3O3S.ClH/c1-10(15)3-6-14(18)17-8-7-11-4-5-12(9-13(11)17)21(19,20)16-2;/h4-5,9-10,16H,3,6-8,15H2,1-2H3;1H. The van der Waals surface area contributed by atoms with Crippen molar-refractivity contribution in [2.45, 2.75) is 37.1 Å². The molecule has 8 heteroatoms. The van der Waals surface area contributed by atoms with Crippen molar-refractivity contribution in [1.82, 2.24) is 4.72 Å². The van der Waals surface area contributed by atoms with Gasteiger partial charge in [-0.1, -0.05) is 6.07 Å². The van der Waals surface area contributed by atoms with Crippen molar-refractivity contribution in [3.63, 3.8) is 0 Å². The summed E-state index contributed by atoms with van der Waals surface area (Å²) in [5.74, 6) is -0.00921. The first kappa shape index (κ1) is 18.9. The Morgan fingerprint density at radius 3 is 2.73 bits per heavy atom. The molecule has 2 rings (SSSR count). The van der Waals surface area contributed by atoms with Crippen LogP contribution in [0.5, 0.6) is 0 Å². The van der Waals surface area contributed by atoms with Gasteiger partial charge in [-0.3, -0.25) is 4.79 Å². The number of nitrogens with zero attached hydrogens (tertiary/aromatic N) is 1. The number of hydrogen-bond acceptors (Lipinski definition) is 4. The minimum Gasteiger partial charge on any atom is -0.328 e. The number of nitrogens with one attached hydrogen (secondary N) is 1. The second-order valence-corrected chi connectivity index (χ2v) is 7.20. The van der Waals surface area contributed by atoms with Gasteiger partial charge in [-0.2, -0.15) is 0 Å². The van der Waals surface area contributed by atoms with Crippen LogP contribution in [0.4, 0.5) is 5.69 Å². The van der Waals surface area contributed by atoms with E-state index < -0.39 is 10.0 Å². The summed E-state index contributed by atoms with van der Waals surface area (Å²) in [5.41, 5.74) is 7.37. The molecule has 0 saturated carbocycles. The molecular formula is C14H22ClN3O3S. The van der Waals surface area contributed by atoms with Crippen LogP contribution in [-0.4, -0.2) is 34.0 Å². The number of carbonyl (C=O) groups excluding carboxylic acids is 1. The maximum absolute atomic E-state index is 12.2. The smallest absolute Gasteiger partial charge is 0.240 e. The van der Waals surface area contributed by atoms with Crippen LogP contribution in [0, 0.1) is 0 Å². The lowest BCUT2D eigenvalue weighted by atomic mass is 10.1. The Labute approximate surface area is 137 Å². The van der Waals surface area contributed by atoms with E-state index in [1.807, 2.05) is 6.92 Å². The molecule has 0 saturated heterocycles. The van der Waals surface area contributed by atoms with E-state index in [-0.39, 0.29) is 29.3 Å². The summed E-state index contributed by atoms with van der Waals surface area (Å²) >= 11 is 0. The van der Waals surface area contributed by atoms with Gasteiger partial charge in [-0.05, 0) is 44.5 Å². The Balaban J connectivity index is 0.00000242. The monoisotopic (exact) mass is 347 g/mol. The molecule has 0 radical (unpaired) electrons. The molecule has 6 nitrogen and oxygen atoms in total. The van der Waals surface area contributed by atoms with Crippen LogP contribution in [0.1, 0.15) is 25.3 Å². The van der Waals surface area contributed by atoms with Crippen LogP contribution in [0.25, 0.3) is 0 Å². The zero-order chi connectivity index (χ0) is 15.6. The first-order valence-corrected chi connectivity index (χ1v) is 8.46. The average Bonchev–Trinajstić information content (AvgIpc) is 2.87. The van der Waals surface area contributed by atoms with Crippen molar-refractivity contribution in [1.29, 1.82) is 0 Å². The molecule has 1 unspecified atom stereocenters. The number of nitrogens with two attached hydrogens (primary N) is 1. The zero-order valence-corrected chi connectivity index (χ0v) is 14.3. The molecule has 1 amide bonds. The number of hydrogen-bond donors (Lipinski definition) is 2. The van der Waals surface area contributed by atoms with E-state index in [0.29, 0.717) is 25.1 Å². The number of amides is 1. The highest BCUT2D eigenvalue weighted by molar-refractivity contribution is 7.89. The summed E-state index contributed by atoms with van der Waals surface area (Å²) in [5, 5.41) is 0. The molecule has 1 aliphatic heterocycles. The van der Waals surface area contributed by atoms with E-state index in [9.17, 15) is 13.2 Å². The minimum atomic E-state index is -3.50. The van der Waals surface area contributed by atoms with E-state index in [0.717, 1.165) is 12.0 Å². The molecule has 1 aromatic rings. The van der Waals surface area contributed by atoms with E-state index in [1.54, 1.807) is 23.1 Å². The summed E-state index contributed by atoms with van der Waals surface area (Å²) in [7, 11) is -2.13. The molecule has 0 fully saturated rings. The Hall–Kier alpha value is -1.15. The quantitative estimate of drug-likeness (QED) is 0.832. The lowest BCUT2D eigenvalue weighted by Gasteiger charge is -2.18. The van der Waals surface area contributed by atoms with Gasteiger partial charge in [-0.15, -0.1) is 12.4 Å². The number of carbonyl (C=O) groups is 1. The van der Waals surface area contributed by atoms with Crippen LogP contribution in [0.3, 0.4) is 0 Å². The fourth-order valence-corrected chi connectivity index (χ4v) is 3.14. The molecule has 1 atom stereocenters. The molecule has 0 bridgehead atoms. The van der Waals surface area contributed by atoms with Crippen molar-refractivity contribution in [3.8, 4) is 0 Å². The summed E-state index contributed by atoms with van der Waals surface area (Å²) in [6.07, 6.45) is 1.75. The third kappa shape index (κ3) is 3.98. The fourth-order valence-electron chi connectivity index (χ4n) is 2.39. The van der Waals surface area contributed by atoms with E-state index in [4.69, 9.17) is 5.73 Å². The number of fused-ring (bicyclic) bond motifs is 1. The summed E-state index contributed by atoms with van der Waals surface area (Å²) in [6.45, 7) is 2.46. The fraction of sp³-hybridized carbons (Fsp3) is 0.500. The number of sulfonamides is 1. The van der Waals surface area contributed by atoms with Gasteiger partial charge < -0.3 is 10.6 Å². The highest BCUT2D eigenvalue weighted by atomic mass is 35.5. The van der Waals surface area contributed by atoms with Crippen LogP contribution < -0.4 is 15.4 Å². The van der Waals surface area contributed by atoms with Crippen molar-refractivity contribution in [2.24, 2.45) is 5.73 Å². The molecule has 0 aromatic heterocycles. The van der Waals surface area contributed by atoms with Crippen LogP contribution in [0.15, 0.2) is 23.1 Å². The van der Waals surface area contributed by atoms with E-state index in [1.165, 1.54) is 7.05 Å². The van der Waals surface area contributed by atoms with Crippen LogP contribution >= 0.6 is 12.4 Å². The number of rotatable bonds is 5. The lowest BCUT2D eigenvalue weighted by Crippen LogP contribution is -2.30. The van der Waals surface area contributed by atoms with Crippen molar-refractivity contribution in [2.75, 3.05) is 18.5 Å². The Bertz CT molecular complexity index is 647.